The summed E-state index contributed by atoms with van der Waals surface area (Å²) in [6.07, 6.45) is 3.41. The molecule has 1 rings (SSSR count). The fraction of sp³-hybridized carbons (Fsp3) is 0.500. The summed E-state index contributed by atoms with van der Waals surface area (Å²) in [5.41, 5.74) is 6.24. The molecule has 1 heterocycles. The molecule has 0 radical (unpaired) electrons. The molecule has 0 fully saturated rings. The number of nitrogens with two attached hydrogens (primary N) is 1. The predicted molar refractivity (Wildman–Crippen MR) is 59.4 cm³/mol. The van der Waals surface area contributed by atoms with Gasteiger partial charge in [-0.15, -0.1) is 0 Å². The maximum Gasteiger partial charge on any atom is 0.150 e. The summed E-state index contributed by atoms with van der Waals surface area (Å²) < 4.78 is 12.0. The average Bonchev–Trinajstić information content (AvgIpc) is 2.20. The van der Waals surface area contributed by atoms with Crippen molar-refractivity contribution >= 4 is 16.5 Å². The smallest absolute Gasteiger partial charge is 0.150 e. The molecule has 0 bridgehead atoms. The van der Waals surface area contributed by atoms with E-state index in [1.807, 2.05) is 13.8 Å². The predicted octanol–water partition coefficient (Wildman–Crippen LogP) is 1.96. The second-order valence-electron chi connectivity index (χ2n) is 3.13. The highest BCUT2D eigenvalue weighted by Gasteiger charge is 2.17. The molecule has 1 atom stereocenters. The number of anilines is 1. The number of rotatable bonds is 4. The molecule has 3 nitrogen and oxygen atoms in total. The maximum atomic E-state index is 12.0. The molecule has 0 saturated carbocycles. The van der Waals surface area contributed by atoms with Crippen LogP contribution < -0.4 is 5.73 Å². The van der Waals surface area contributed by atoms with Crippen molar-refractivity contribution in [3.8, 4) is 0 Å². The first kappa shape index (κ1) is 11.2. The molecule has 0 aliphatic carbocycles. The van der Waals surface area contributed by atoms with Crippen molar-refractivity contribution in [1.82, 2.24) is 4.98 Å². The molecule has 0 saturated heterocycles. The summed E-state index contributed by atoms with van der Waals surface area (Å²) in [6, 6.07) is 3.49. The minimum absolute atomic E-state index is 0.159. The van der Waals surface area contributed by atoms with Gasteiger partial charge >= 0.3 is 0 Å². The van der Waals surface area contributed by atoms with Crippen LogP contribution in [0.5, 0.6) is 0 Å². The SMILES string of the molecule is CCC(CC)S(=O)c1ncccc1N. The number of aromatic nitrogens is 1. The van der Waals surface area contributed by atoms with Gasteiger partial charge in [-0.25, -0.2) is 4.98 Å². The Morgan fingerprint density at radius 3 is 2.64 bits per heavy atom. The standard InChI is InChI=1S/C10H16N2OS/c1-3-8(4-2)14(13)10-9(11)6-5-7-12-10/h5-8H,3-4,11H2,1-2H3. The molecule has 0 amide bonds. The van der Waals surface area contributed by atoms with E-state index in [9.17, 15) is 4.21 Å². The van der Waals surface area contributed by atoms with Gasteiger partial charge in [-0.3, -0.25) is 4.21 Å². The van der Waals surface area contributed by atoms with E-state index in [4.69, 9.17) is 5.73 Å². The Kier molecular flexibility index (Phi) is 4.07. The van der Waals surface area contributed by atoms with Crippen molar-refractivity contribution < 1.29 is 4.21 Å². The van der Waals surface area contributed by atoms with Gasteiger partial charge in [0, 0.05) is 11.4 Å². The van der Waals surface area contributed by atoms with Crippen LogP contribution in [0.1, 0.15) is 26.7 Å². The van der Waals surface area contributed by atoms with Gasteiger partial charge in [-0.1, -0.05) is 13.8 Å². The van der Waals surface area contributed by atoms with Gasteiger partial charge in [0.05, 0.1) is 16.5 Å². The average molecular weight is 212 g/mol. The van der Waals surface area contributed by atoms with Gasteiger partial charge in [-0.2, -0.15) is 0 Å². The molecular weight excluding hydrogens is 196 g/mol. The first-order valence-electron chi connectivity index (χ1n) is 4.81. The second kappa shape index (κ2) is 5.10. The third-order valence-electron chi connectivity index (χ3n) is 2.20. The third kappa shape index (κ3) is 2.32. The van der Waals surface area contributed by atoms with Gasteiger partial charge in [-0.05, 0) is 25.0 Å². The lowest BCUT2D eigenvalue weighted by atomic mass is 10.3. The highest BCUT2D eigenvalue weighted by Crippen LogP contribution is 2.19. The Morgan fingerprint density at radius 2 is 2.14 bits per heavy atom. The number of nitrogens with zero attached hydrogens (tertiary/aromatic N) is 1. The van der Waals surface area contributed by atoms with Gasteiger partial charge < -0.3 is 5.73 Å². The molecule has 1 aromatic rings. The van der Waals surface area contributed by atoms with Crippen molar-refractivity contribution in [1.29, 1.82) is 0 Å². The van der Waals surface area contributed by atoms with Crippen LogP contribution in [0, 0.1) is 0 Å². The molecule has 4 heteroatoms. The summed E-state index contributed by atoms with van der Waals surface area (Å²) in [6.45, 7) is 4.07. The Balaban J connectivity index is 2.94. The lowest BCUT2D eigenvalue weighted by Gasteiger charge is -2.12. The molecule has 1 unspecified atom stereocenters. The van der Waals surface area contributed by atoms with E-state index in [0.29, 0.717) is 10.7 Å². The molecule has 0 aliphatic rings. The molecule has 0 aromatic carbocycles. The lowest BCUT2D eigenvalue weighted by molar-refractivity contribution is 0.655. The number of hydrogen-bond acceptors (Lipinski definition) is 3. The lowest BCUT2D eigenvalue weighted by Crippen LogP contribution is -2.15. The van der Waals surface area contributed by atoms with E-state index in [2.05, 4.69) is 4.98 Å². The fourth-order valence-corrected chi connectivity index (χ4v) is 2.71. The zero-order valence-corrected chi connectivity index (χ0v) is 9.38. The zero-order valence-electron chi connectivity index (χ0n) is 8.56. The normalized spacial score (nSPS) is 13.1. The summed E-state index contributed by atoms with van der Waals surface area (Å²) in [5, 5.41) is 0.688. The first-order valence-corrected chi connectivity index (χ1v) is 6.03. The van der Waals surface area contributed by atoms with Crippen molar-refractivity contribution in [3.63, 3.8) is 0 Å². The van der Waals surface area contributed by atoms with Crippen LogP contribution in [-0.4, -0.2) is 14.4 Å². The van der Waals surface area contributed by atoms with Crippen LogP contribution in [-0.2, 0) is 10.8 Å². The topological polar surface area (TPSA) is 56.0 Å². The van der Waals surface area contributed by atoms with Crippen LogP contribution >= 0.6 is 0 Å². The van der Waals surface area contributed by atoms with Gasteiger partial charge in [0.25, 0.3) is 0 Å². The minimum Gasteiger partial charge on any atom is -0.396 e. The molecule has 14 heavy (non-hydrogen) atoms. The zero-order chi connectivity index (χ0) is 10.6. The quantitative estimate of drug-likeness (QED) is 0.830. The third-order valence-corrected chi connectivity index (χ3v) is 4.20. The number of hydrogen-bond donors (Lipinski definition) is 1. The molecule has 0 spiro atoms. The second-order valence-corrected chi connectivity index (χ2v) is 4.78. The molecule has 1 aromatic heterocycles. The summed E-state index contributed by atoms with van der Waals surface area (Å²) >= 11 is 0. The molecular formula is C10H16N2OS. The van der Waals surface area contributed by atoms with Crippen molar-refractivity contribution in [3.05, 3.63) is 18.3 Å². The Labute approximate surface area is 87.2 Å². The fourth-order valence-electron chi connectivity index (χ4n) is 1.32. The van der Waals surface area contributed by atoms with Crippen LogP contribution in [0.25, 0.3) is 0 Å². The van der Waals surface area contributed by atoms with Crippen LogP contribution in [0.4, 0.5) is 5.69 Å². The van der Waals surface area contributed by atoms with Gasteiger partial charge in [0.15, 0.2) is 0 Å². The van der Waals surface area contributed by atoms with E-state index in [1.165, 1.54) is 0 Å². The van der Waals surface area contributed by atoms with Crippen LogP contribution in [0.2, 0.25) is 0 Å². The number of pyridine rings is 1. The molecule has 2 N–H and O–H groups in total. The Morgan fingerprint density at radius 1 is 1.50 bits per heavy atom. The summed E-state index contributed by atoms with van der Waals surface area (Å²) in [7, 11) is -1.07. The van der Waals surface area contributed by atoms with Gasteiger partial charge in [0.1, 0.15) is 5.03 Å². The summed E-state index contributed by atoms with van der Waals surface area (Å²) in [4.78, 5) is 4.07. The monoisotopic (exact) mass is 212 g/mol. The Hall–Kier alpha value is -0.900. The highest BCUT2D eigenvalue weighted by atomic mass is 32.2. The highest BCUT2D eigenvalue weighted by molar-refractivity contribution is 7.85. The van der Waals surface area contributed by atoms with Gasteiger partial charge in [0.2, 0.25) is 0 Å². The molecule has 78 valence electrons. The first-order chi connectivity index (χ1) is 6.70. The number of nitrogen functional groups attached to an aromatic ring is 1. The van der Waals surface area contributed by atoms with Crippen LogP contribution in [0.3, 0.4) is 0 Å². The van der Waals surface area contributed by atoms with E-state index in [-0.39, 0.29) is 5.25 Å². The van der Waals surface area contributed by atoms with Crippen molar-refractivity contribution in [2.24, 2.45) is 0 Å². The van der Waals surface area contributed by atoms with Crippen molar-refractivity contribution in [2.75, 3.05) is 5.73 Å². The summed E-state index contributed by atoms with van der Waals surface area (Å²) in [5.74, 6) is 0. The van der Waals surface area contributed by atoms with Crippen LogP contribution in [0.15, 0.2) is 23.4 Å². The van der Waals surface area contributed by atoms with Crippen molar-refractivity contribution in [2.45, 2.75) is 37.0 Å². The molecule has 0 aliphatic heterocycles. The largest absolute Gasteiger partial charge is 0.396 e. The minimum atomic E-state index is -1.07. The maximum absolute atomic E-state index is 12.0. The van der Waals surface area contributed by atoms with E-state index in [0.717, 1.165) is 12.8 Å². The van der Waals surface area contributed by atoms with E-state index < -0.39 is 10.8 Å². The van der Waals surface area contributed by atoms with E-state index >= 15 is 0 Å². The van der Waals surface area contributed by atoms with E-state index in [1.54, 1.807) is 18.3 Å². The Bertz CT molecular complexity index is 324.